The van der Waals surface area contributed by atoms with Crippen LogP contribution >= 0.6 is 11.3 Å². The zero-order valence-corrected chi connectivity index (χ0v) is 21.4. The average molecular weight is 508 g/mol. The molecule has 0 saturated heterocycles. The van der Waals surface area contributed by atoms with Crippen molar-refractivity contribution in [3.8, 4) is 16.3 Å². The van der Waals surface area contributed by atoms with Gasteiger partial charge in [-0.3, -0.25) is 0 Å². The molecule has 4 nitrogen and oxygen atoms in total. The Kier molecular flexibility index (Phi) is 8.29. The van der Waals surface area contributed by atoms with E-state index in [9.17, 15) is 23.4 Å². The van der Waals surface area contributed by atoms with Crippen LogP contribution in [0.3, 0.4) is 0 Å². The molecule has 1 heterocycles. The molecule has 2 N–H and O–H groups in total. The standard InChI is InChI=1S/C27H32F3NO3S/c1-16(2)24-23(35-25(31-24)18-8-10-20(11-9-18)27(28,29)30)13-12-21(33)19-7-6-17(3)22(14-19)34-26(4,5)15-32/h6-11,14,16,21,32-33H,12-13,15H2,1-5H3. The van der Waals surface area contributed by atoms with Crippen molar-refractivity contribution >= 4 is 11.3 Å². The molecule has 0 aliphatic carbocycles. The van der Waals surface area contributed by atoms with Gasteiger partial charge in [-0.1, -0.05) is 38.1 Å². The van der Waals surface area contributed by atoms with E-state index >= 15 is 0 Å². The minimum atomic E-state index is -4.37. The molecule has 0 bridgehead atoms. The number of hydrogen-bond acceptors (Lipinski definition) is 5. The van der Waals surface area contributed by atoms with Crippen molar-refractivity contribution in [3.05, 3.63) is 69.7 Å². The molecule has 0 saturated carbocycles. The Hall–Kier alpha value is -2.42. The van der Waals surface area contributed by atoms with Crippen molar-refractivity contribution in [2.45, 2.75) is 71.3 Å². The lowest BCUT2D eigenvalue weighted by atomic mass is 10.0. The number of benzene rings is 2. The van der Waals surface area contributed by atoms with E-state index in [4.69, 9.17) is 9.72 Å². The van der Waals surface area contributed by atoms with Gasteiger partial charge in [0.05, 0.1) is 24.0 Å². The van der Waals surface area contributed by atoms with Crippen LogP contribution in [0.25, 0.3) is 10.6 Å². The molecule has 0 spiro atoms. The van der Waals surface area contributed by atoms with Crippen LogP contribution in [-0.2, 0) is 12.6 Å². The smallest absolute Gasteiger partial charge is 0.416 e. The van der Waals surface area contributed by atoms with Gasteiger partial charge in [0.2, 0.25) is 0 Å². The van der Waals surface area contributed by atoms with Crippen LogP contribution in [0, 0.1) is 6.92 Å². The maximum Gasteiger partial charge on any atom is 0.416 e. The highest BCUT2D eigenvalue weighted by Crippen LogP contribution is 2.36. The number of aryl methyl sites for hydroxylation is 2. The summed E-state index contributed by atoms with van der Waals surface area (Å²) >= 11 is 1.45. The summed E-state index contributed by atoms with van der Waals surface area (Å²) in [5, 5.41) is 21.1. The Balaban J connectivity index is 1.78. The van der Waals surface area contributed by atoms with Crippen LogP contribution in [-0.4, -0.2) is 27.4 Å². The number of rotatable bonds is 9. The van der Waals surface area contributed by atoms with Gasteiger partial charge in [-0.2, -0.15) is 13.2 Å². The second kappa shape index (κ2) is 10.7. The predicted octanol–water partition coefficient (Wildman–Crippen LogP) is 7.08. The minimum Gasteiger partial charge on any atom is -0.485 e. The zero-order chi connectivity index (χ0) is 26.0. The van der Waals surface area contributed by atoms with Gasteiger partial charge in [-0.05, 0) is 68.9 Å². The highest BCUT2D eigenvalue weighted by Gasteiger charge is 2.30. The maximum atomic E-state index is 12.9. The summed E-state index contributed by atoms with van der Waals surface area (Å²) < 4.78 is 44.6. The second-order valence-corrected chi connectivity index (χ2v) is 10.7. The van der Waals surface area contributed by atoms with Crippen molar-refractivity contribution in [1.29, 1.82) is 0 Å². The number of ether oxygens (including phenoxy) is 1. The van der Waals surface area contributed by atoms with E-state index in [0.29, 0.717) is 29.2 Å². The normalized spacial score (nSPS) is 13.3. The summed E-state index contributed by atoms with van der Waals surface area (Å²) in [5.41, 5.74) is 1.75. The van der Waals surface area contributed by atoms with Gasteiger partial charge in [-0.15, -0.1) is 11.3 Å². The lowest BCUT2D eigenvalue weighted by Crippen LogP contribution is -2.32. The van der Waals surface area contributed by atoms with Crippen LogP contribution in [0.1, 0.15) is 73.4 Å². The summed E-state index contributed by atoms with van der Waals surface area (Å²) in [7, 11) is 0. The summed E-state index contributed by atoms with van der Waals surface area (Å²) in [6.45, 7) is 9.41. The SMILES string of the molecule is Cc1ccc(C(O)CCc2sc(-c3ccc(C(F)(F)F)cc3)nc2C(C)C)cc1OC(C)(C)CO. The molecule has 190 valence electrons. The number of hydrogen-bond donors (Lipinski definition) is 2. The molecular formula is C27H32F3NO3S. The Morgan fingerprint density at radius 2 is 1.71 bits per heavy atom. The third kappa shape index (κ3) is 6.84. The molecule has 3 aromatic rings. The first kappa shape index (κ1) is 27.2. The molecule has 35 heavy (non-hydrogen) atoms. The molecule has 0 amide bonds. The number of nitrogens with zero attached hydrogens (tertiary/aromatic N) is 1. The summed E-state index contributed by atoms with van der Waals surface area (Å²) in [4.78, 5) is 5.72. The number of aliphatic hydroxyl groups is 2. The highest BCUT2D eigenvalue weighted by molar-refractivity contribution is 7.15. The van der Waals surface area contributed by atoms with Gasteiger partial charge in [0.15, 0.2) is 0 Å². The summed E-state index contributed by atoms with van der Waals surface area (Å²) in [6, 6.07) is 10.6. The van der Waals surface area contributed by atoms with Gasteiger partial charge < -0.3 is 14.9 Å². The maximum absolute atomic E-state index is 12.9. The number of aromatic nitrogens is 1. The molecule has 0 fully saturated rings. The predicted molar refractivity (Wildman–Crippen MR) is 133 cm³/mol. The van der Waals surface area contributed by atoms with Crippen LogP contribution in [0.4, 0.5) is 13.2 Å². The lowest BCUT2D eigenvalue weighted by molar-refractivity contribution is -0.137. The van der Waals surface area contributed by atoms with E-state index < -0.39 is 23.4 Å². The van der Waals surface area contributed by atoms with Crippen LogP contribution in [0.5, 0.6) is 5.75 Å². The number of halogens is 3. The van der Waals surface area contributed by atoms with E-state index in [-0.39, 0.29) is 12.5 Å². The van der Waals surface area contributed by atoms with Crippen molar-refractivity contribution in [3.63, 3.8) is 0 Å². The Labute approximate surface area is 208 Å². The molecule has 1 unspecified atom stereocenters. The summed E-state index contributed by atoms with van der Waals surface area (Å²) in [6.07, 6.45) is -4.06. The van der Waals surface area contributed by atoms with Gasteiger partial charge in [0.25, 0.3) is 0 Å². The van der Waals surface area contributed by atoms with E-state index in [1.807, 2.05) is 32.9 Å². The zero-order valence-electron chi connectivity index (χ0n) is 20.6. The van der Waals surface area contributed by atoms with E-state index in [1.165, 1.54) is 23.5 Å². The number of aliphatic hydroxyl groups excluding tert-OH is 2. The molecule has 1 aromatic heterocycles. The van der Waals surface area contributed by atoms with E-state index in [0.717, 1.165) is 33.8 Å². The fourth-order valence-electron chi connectivity index (χ4n) is 3.62. The lowest BCUT2D eigenvalue weighted by Gasteiger charge is -2.25. The van der Waals surface area contributed by atoms with Gasteiger partial charge in [-0.25, -0.2) is 4.98 Å². The fourth-order valence-corrected chi connectivity index (χ4v) is 4.85. The third-order valence-corrected chi connectivity index (χ3v) is 6.92. The van der Waals surface area contributed by atoms with E-state index in [2.05, 4.69) is 0 Å². The van der Waals surface area contributed by atoms with Crippen LogP contribution in [0.15, 0.2) is 42.5 Å². The molecule has 8 heteroatoms. The third-order valence-electron chi connectivity index (χ3n) is 5.74. The van der Waals surface area contributed by atoms with Crippen LogP contribution in [0.2, 0.25) is 0 Å². The number of alkyl halides is 3. The molecule has 0 aliphatic rings. The van der Waals surface area contributed by atoms with Gasteiger partial charge in [0.1, 0.15) is 16.4 Å². The van der Waals surface area contributed by atoms with Crippen LogP contribution < -0.4 is 4.74 Å². The van der Waals surface area contributed by atoms with Crippen molar-refractivity contribution in [2.75, 3.05) is 6.61 Å². The first-order valence-corrected chi connectivity index (χ1v) is 12.4. The second-order valence-electron chi connectivity index (χ2n) is 9.66. The largest absolute Gasteiger partial charge is 0.485 e. The monoisotopic (exact) mass is 507 g/mol. The molecule has 0 aliphatic heterocycles. The van der Waals surface area contributed by atoms with Gasteiger partial charge >= 0.3 is 6.18 Å². The molecule has 1 atom stereocenters. The summed E-state index contributed by atoms with van der Waals surface area (Å²) in [5.74, 6) is 0.757. The van der Waals surface area contributed by atoms with Crippen molar-refractivity contribution < 1.29 is 28.1 Å². The highest BCUT2D eigenvalue weighted by atomic mass is 32.1. The van der Waals surface area contributed by atoms with Crippen molar-refractivity contribution in [1.82, 2.24) is 4.98 Å². The quantitative estimate of drug-likeness (QED) is 0.325. The molecular weight excluding hydrogens is 475 g/mol. The molecule has 0 radical (unpaired) electrons. The first-order valence-electron chi connectivity index (χ1n) is 11.6. The topological polar surface area (TPSA) is 62.6 Å². The Morgan fingerprint density at radius 3 is 2.29 bits per heavy atom. The molecule has 2 aromatic carbocycles. The van der Waals surface area contributed by atoms with E-state index in [1.54, 1.807) is 19.9 Å². The average Bonchev–Trinajstić information content (AvgIpc) is 3.23. The minimum absolute atomic E-state index is 0.135. The Morgan fingerprint density at radius 1 is 1.06 bits per heavy atom. The van der Waals surface area contributed by atoms with Gasteiger partial charge in [0, 0.05) is 10.4 Å². The number of thiazole rings is 1. The first-order chi connectivity index (χ1) is 16.3. The molecule has 3 rings (SSSR count). The van der Waals surface area contributed by atoms with Crippen molar-refractivity contribution in [2.24, 2.45) is 0 Å². The fraction of sp³-hybridized carbons (Fsp3) is 0.444. The Bertz CT molecular complexity index is 1140.